The molecule has 0 aliphatic rings. The number of allylic oxidation sites excluding steroid dienone is 1. The molecule has 0 unspecified atom stereocenters. The van der Waals surface area contributed by atoms with Crippen LogP contribution in [0.5, 0.6) is 46.0 Å². The Hall–Kier alpha value is -11.2. The van der Waals surface area contributed by atoms with E-state index in [1.165, 1.54) is 97.1 Å². The van der Waals surface area contributed by atoms with Gasteiger partial charge in [-0.1, -0.05) is 132 Å². The second-order valence-corrected chi connectivity index (χ2v) is 32.1. The molecule has 0 aromatic heterocycles. The molecule has 108 heavy (non-hydrogen) atoms. The van der Waals surface area contributed by atoms with Gasteiger partial charge in [0.15, 0.2) is 11.6 Å². The van der Waals surface area contributed by atoms with Gasteiger partial charge in [0.25, 0.3) is 30.1 Å². The fraction of sp³-hybridized carbons (Fsp3) is 0.0897. The quantitative estimate of drug-likeness (QED) is 0.0131. The van der Waals surface area contributed by atoms with E-state index in [0.717, 1.165) is 52.0 Å². The average Bonchev–Trinajstić information content (AvgIpc) is 0.785. The Morgan fingerprint density at radius 3 is 1.19 bits per heavy atom. The number of carboxylic acids is 3. The minimum Gasteiger partial charge on any atom is -0.506 e. The zero-order chi connectivity index (χ0) is 77.5. The molecule has 0 aliphatic carbocycles. The lowest BCUT2D eigenvalue weighted by atomic mass is 10.1. The van der Waals surface area contributed by atoms with Crippen molar-refractivity contribution in [2.75, 3.05) is 38.0 Å². The topological polar surface area (TPSA) is 339 Å². The number of phenolic OH excluding ortho intramolecular Hbond substituents is 3. The zero-order valence-electron chi connectivity index (χ0n) is 56.7. The van der Waals surface area contributed by atoms with E-state index in [4.69, 9.17) is 41.1 Å². The Kier molecular flexibility index (Phi) is 26.1. The largest absolute Gasteiger partial charge is 0.506 e. The van der Waals surface area contributed by atoms with Crippen LogP contribution in [-0.4, -0.2) is 97.7 Å². The molecule has 0 bridgehead atoms. The second kappa shape index (κ2) is 35.5. The molecule has 30 heteroatoms. The van der Waals surface area contributed by atoms with Gasteiger partial charge in [0.1, 0.15) is 52.7 Å². The second-order valence-electron chi connectivity index (χ2n) is 23.6. The first-order valence-electron chi connectivity index (χ1n) is 32.1. The van der Waals surface area contributed by atoms with Crippen LogP contribution in [0.1, 0.15) is 25.0 Å². The number of sulfonamides is 3. The van der Waals surface area contributed by atoms with Crippen LogP contribution in [-0.2, 0) is 50.9 Å². The summed E-state index contributed by atoms with van der Waals surface area (Å²) in [6.07, 6.45) is 2.35. The number of hydrogen-bond donors (Lipinski definition) is 9. The van der Waals surface area contributed by atoms with E-state index in [1.807, 2.05) is 32.0 Å². The number of nitrogens with one attached hydrogen (secondary N) is 3. The molecule has 9 N–H and O–H groups in total. The summed E-state index contributed by atoms with van der Waals surface area (Å²) in [5.74, 6) is -4.64. The highest BCUT2D eigenvalue weighted by atomic mass is 35.5. The molecular formula is C78H64ClF2N3O18S6. The number of carboxylic acid groups (broad SMARTS) is 3. The number of carbonyl (C=O) groups is 3. The molecule has 12 aromatic carbocycles. The highest BCUT2D eigenvalue weighted by Crippen LogP contribution is 2.44. The number of phenols is 3. The lowest BCUT2D eigenvalue weighted by Crippen LogP contribution is -2.13. The minimum absolute atomic E-state index is 0.00350. The summed E-state index contributed by atoms with van der Waals surface area (Å²) in [7, 11) is -12.2. The van der Waals surface area contributed by atoms with Crippen LogP contribution in [0.25, 0.3) is 32.3 Å². The standard InChI is InChI=1S/C29H26FNO7S2.C25H20ClNO5S2.C24H18FNO6S2/c1-18(2)12-13-37-26-15-20(10-11-24(26)30)38-19-6-5-7-21(14-19)40(35,36)31-25-16-27(39-17-28(32)33)29(34)23-9-4-3-8-22(23)25;26-18-10-8-16(9-11-18)12-17-4-3-5-19(13-17)34(31,32)27-22-14-23(33-15-24(28)29)25(30)21-7-2-1-6-20(21)22;25-15-5-3-6-16(11-15)32-17-7-4-8-18(12-17)34(30,31)26-21-13-22(33-14-23(27)28)24(29)20-10-2-1-9-19(20)21/h3-12,14-16,31,34H,13,17H2,1-2H3,(H,32,33);1-11,13-14,27,30H,12,15H2,(H,28,29);1-13,26,29H,14H2,(H,27,28). The van der Waals surface area contributed by atoms with Gasteiger partial charge in [-0.05, 0) is 128 Å². The third-order valence-corrected chi connectivity index (χ3v) is 22.8. The zero-order valence-corrected chi connectivity index (χ0v) is 62.4. The van der Waals surface area contributed by atoms with E-state index >= 15 is 0 Å². The van der Waals surface area contributed by atoms with Gasteiger partial charge < -0.3 is 44.8 Å². The fourth-order valence-corrected chi connectivity index (χ4v) is 16.1. The Morgan fingerprint density at radius 2 is 0.796 bits per heavy atom. The third-order valence-electron chi connectivity index (χ3n) is 15.4. The summed E-state index contributed by atoms with van der Waals surface area (Å²) >= 11 is 8.61. The molecule has 0 atom stereocenters. The van der Waals surface area contributed by atoms with Crippen LogP contribution in [0, 0.1) is 11.6 Å². The summed E-state index contributed by atoms with van der Waals surface area (Å²) in [4.78, 5) is 33.7. The van der Waals surface area contributed by atoms with Crippen molar-refractivity contribution >= 4 is 144 Å². The number of thioether (sulfide) groups is 3. The smallest absolute Gasteiger partial charge is 0.313 e. The third kappa shape index (κ3) is 21.1. The van der Waals surface area contributed by atoms with Gasteiger partial charge in [0, 0.05) is 61.6 Å². The van der Waals surface area contributed by atoms with Crippen LogP contribution < -0.4 is 28.4 Å². The SMILES string of the molecule is CC(C)=CCOc1cc(Oc2cccc(S(=O)(=O)Nc3cc(SCC(=O)O)c(O)c4ccccc34)c2)ccc1F.O=C(O)CSc1cc(NS(=O)(=O)c2cccc(Cc3ccc(Cl)cc3)c2)c2ccccc2c1O.O=C(O)CSc1cc(NS(=O)(=O)c2cccc(Oc3cccc(F)c3)c2)c2ccccc2c1O. The van der Waals surface area contributed by atoms with Gasteiger partial charge in [-0.15, -0.1) is 35.3 Å². The van der Waals surface area contributed by atoms with Crippen molar-refractivity contribution < 1.29 is 93.3 Å². The van der Waals surface area contributed by atoms with Gasteiger partial charge in [-0.3, -0.25) is 28.5 Å². The maximum atomic E-state index is 14.2. The molecular weight excluding hydrogens is 1530 g/mol. The first-order valence-corrected chi connectivity index (χ1v) is 39.8. The van der Waals surface area contributed by atoms with Crippen LogP contribution in [0.15, 0.2) is 272 Å². The average molecular weight is 1600 g/mol. The Bertz CT molecular complexity index is 5780. The van der Waals surface area contributed by atoms with Crippen molar-refractivity contribution in [2.45, 2.75) is 49.6 Å². The highest BCUT2D eigenvalue weighted by Gasteiger charge is 2.25. The molecule has 0 aliphatic heterocycles. The van der Waals surface area contributed by atoms with Crippen molar-refractivity contribution in [1.29, 1.82) is 0 Å². The van der Waals surface area contributed by atoms with Crippen LogP contribution in [0.3, 0.4) is 0 Å². The van der Waals surface area contributed by atoms with E-state index in [9.17, 15) is 63.7 Å². The number of benzene rings is 12. The molecule has 0 fully saturated rings. The lowest BCUT2D eigenvalue weighted by molar-refractivity contribution is -0.134. The van der Waals surface area contributed by atoms with E-state index in [-0.39, 0.29) is 116 Å². The van der Waals surface area contributed by atoms with Crippen molar-refractivity contribution in [3.8, 4) is 46.0 Å². The van der Waals surface area contributed by atoms with Gasteiger partial charge in [0.05, 0.1) is 63.7 Å². The van der Waals surface area contributed by atoms with Crippen molar-refractivity contribution in [3.05, 3.63) is 270 Å². The Labute approximate surface area is 636 Å². The summed E-state index contributed by atoms with van der Waals surface area (Å²) in [6, 6.07) is 59.2. The Morgan fingerprint density at radius 1 is 0.426 bits per heavy atom. The number of hydrogen-bond acceptors (Lipinski definition) is 18. The summed E-state index contributed by atoms with van der Waals surface area (Å²) in [6.45, 7) is 3.98. The molecule has 0 amide bonds. The maximum Gasteiger partial charge on any atom is 0.313 e. The van der Waals surface area contributed by atoms with Gasteiger partial charge in [-0.2, -0.15) is 0 Å². The molecule has 0 saturated heterocycles. The molecule has 0 heterocycles. The highest BCUT2D eigenvalue weighted by molar-refractivity contribution is 8.00. The molecule has 0 radical (unpaired) electrons. The predicted octanol–water partition coefficient (Wildman–Crippen LogP) is 18.0. The van der Waals surface area contributed by atoms with E-state index < -0.39 is 59.6 Å². The van der Waals surface area contributed by atoms with E-state index in [1.54, 1.807) is 121 Å². The Balaban J connectivity index is 0.000000174. The minimum atomic E-state index is -4.14. The first kappa shape index (κ1) is 79.4. The molecule has 556 valence electrons. The van der Waals surface area contributed by atoms with Gasteiger partial charge >= 0.3 is 17.9 Å². The summed E-state index contributed by atoms with van der Waals surface area (Å²) < 4.78 is 132. The number of halogens is 3. The summed E-state index contributed by atoms with van der Waals surface area (Å²) in [5.41, 5.74) is 3.44. The maximum absolute atomic E-state index is 14.2. The van der Waals surface area contributed by atoms with Crippen LogP contribution in [0.4, 0.5) is 25.8 Å². The normalized spacial score (nSPS) is 11.3. The van der Waals surface area contributed by atoms with Crippen molar-refractivity contribution in [1.82, 2.24) is 0 Å². The first-order chi connectivity index (χ1) is 51.5. The lowest BCUT2D eigenvalue weighted by Gasteiger charge is -2.15. The number of aromatic hydroxyl groups is 3. The monoisotopic (exact) mass is 1600 g/mol. The van der Waals surface area contributed by atoms with E-state index in [0.29, 0.717) is 43.8 Å². The molecule has 21 nitrogen and oxygen atoms in total. The van der Waals surface area contributed by atoms with Gasteiger partial charge in [0.2, 0.25) is 0 Å². The number of anilines is 3. The molecule has 0 spiro atoms. The van der Waals surface area contributed by atoms with Crippen LogP contribution in [0.2, 0.25) is 5.02 Å². The van der Waals surface area contributed by atoms with E-state index in [2.05, 4.69) is 14.2 Å². The molecule has 0 saturated carbocycles. The predicted molar refractivity (Wildman–Crippen MR) is 416 cm³/mol. The van der Waals surface area contributed by atoms with Crippen molar-refractivity contribution in [3.63, 3.8) is 0 Å². The number of aliphatic carboxylic acids is 3. The number of rotatable bonds is 27. The van der Waals surface area contributed by atoms with Crippen molar-refractivity contribution in [2.24, 2.45) is 0 Å². The van der Waals surface area contributed by atoms with Crippen LogP contribution >= 0.6 is 46.9 Å². The molecule has 12 rings (SSSR count). The fourth-order valence-electron chi connectivity index (χ4n) is 10.4. The molecule has 12 aromatic rings. The van der Waals surface area contributed by atoms with Gasteiger partial charge in [-0.25, -0.2) is 34.0 Å². The number of fused-ring (bicyclic) bond motifs is 3. The summed E-state index contributed by atoms with van der Waals surface area (Å²) in [5, 5.41) is 62.0. The number of ether oxygens (including phenoxy) is 3.